The fraction of sp³-hybridized carbons (Fsp3) is 0.360. The van der Waals surface area contributed by atoms with E-state index >= 15 is 0 Å². The van der Waals surface area contributed by atoms with Crippen LogP contribution in [0.15, 0.2) is 48.5 Å². The van der Waals surface area contributed by atoms with Crippen LogP contribution in [0.4, 0.5) is 5.13 Å². The molecule has 1 aromatic heterocycles. The van der Waals surface area contributed by atoms with E-state index in [1.807, 2.05) is 61.2 Å². The Labute approximate surface area is 204 Å². The molecule has 0 fully saturated rings. The summed E-state index contributed by atoms with van der Waals surface area (Å²) in [6.45, 7) is 9.33. The van der Waals surface area contributed by atoms with Gasteiger partial charge in [-0.25, -0.2) is 4.98 Å². The van der Waals surface area contributed by atoms with Crippen LogP contribution in [0.2, 0.25) is 10.0 Å². The first-order valence-electron chi connectivity index (χ1n) is 10.8. The number of thiazole rings is 1. The second-order valence-corrected chi connectivity index (χ2v) is 9.42. The van der Waals surface area contributed by atoms with Crippen LogP contribution < -0.4 is 4.90 Å². The van der Waals surface area contributed by atoms with E-state index in [-0.39, 0.29) is 6.42 Å². The third-order valence-electron chi connectivity index (χ3n) is 4.56. The molecule has 7 heteroatoms. The number of carboxylic acid groups (broad SMARTS) is 1. The molecule has 0 amide bonds. The Morgan fingerprint density at radius 2 is 1.78 bits per heavy atom. The summed E-state index contributed by atoms with van der Waals surface area (Å²) in [6.07, 6.45) is 0.930. The number of aliphatic carboxylic acids is 1. The Balaban J connectivity index is 0.00000176. The van der Waals surface area contributed by atoms with Gasteiger partial charge in [0.15, 0.2) is 5.13 Å². The minimum absolute atomic E-state index is 0.0496. The third kappa shape index (κ3) is 7.51. The van der Waals surface area contributed by atoms with Crippen molar-refractivity contribution in [2.24, 2.45) is 5.92 Å². The van der Waals surface area contributed by atoms with Gasteiger partial charge in [0, 0.05) is 23.5 Å². The largest absolute Gasteiger partial charge is 0.481 e. The number of anilines is 1. The van der Waals surface area contributed by atoms with Gasteiger partial charge in [0.1, 0.15) is 0 Å². The van der Waals surface area contributed by atoms with Crippen LogP contribution in [0.1, 0.15) is 44.6 Å². The van der Waals surface area contributed by atoms with Gasteiger partial charge in [0.2, 0.25) is 0 Å². The molecule has 1 heterocycles. The van der Waals surface area contributed by atoms with Gasteiger partial charge in [-0.15, -0.1) is 11.3 Å². The van der Waals surface area contributed by atoms with Crippen LogP contribution >= 0.6 is 34.5 Å². The minimum Gasteiger partial charge on any atom is -0.481 e. The topological polar surface area (TPSA) is 53.4 Å². The zero-order valence-corrected chi connectivity index (χ0v) is 21.3. The first-order chi connectivity index (χ1) is 15.3. The summed E-state index contributed by atoms with van der Waals surface area (Å²) in [5.74, 6) is -0.363. The molecule has 0 saturated heterocycles. The molecular formula is C25H30Cl2N2O2S. The standard InChI is InChI=1S/C23H24Cl2N2O2S.C2H6/c1-15(2)12-20-22(17-8-9-18(24)19(25)13-17)26-23(30-20)27(11-10-21(28)29)14-16-6-4-3-5-7-16;1-2/h3-9,13,15H,10-12,14H2,1-2H3,(H,28,29);1-2H3. The highest BCUT2D eigenvalue weighted by Gasteiger charge is 2.20. The zero-order chi connectivity index (χ0) is 23.7. The molecule has 2 aromatic carbocycles. The highest BCUT2D eigenvalue weighted by molar-refractivity contribution is 7.16. The molecule has 0 unspecified atom stereocenters. The molecule has 0 aliphatic carbocycles. The van der Waals surface area contributed by atoms with E-state index in [1.54, 1.807) is 17.4 Å². The Hall–Kier alpha value is -2.08. The van der Waals surface area contributed by atoms with Gasteiger partial charge in [-0.3, -0.25) is 4.79 Å². The van der Waals surface area contributed by atoms with Crippen LogP contribution in [0.25, 0.3) is 11.3 Å². The van der Waals surface area contributed by atoms with Crippen molar-refractivity contribution in [1.82, 2.24) is 4.98 Å². The van der Waals surface area contributed by atoms with E-state index in [1.165, 1.54) is 0 Å². The third-order valence-corrected chi connectivity index (χ3v) is 6.43. The van der Waals surface area contributed by atoms with Crippen molar-refractivity contribution in [1.29, 1.82) is 0 Å². The molecule has 0 saturated carbocycles. The quantitative estimate of drug-likeness (QED) is 0.330. The van der Waals surface area contributed by atoms with Crippen molar-refractivity contribution in [2.75, 3.05) is 11.4 Å². The van der Waals surface area contributed by atoms with E-state index in [9.17, 15) is 9.90 Å². The first kappa shape index (κ1) is 26.2. The molecule has 3 rings (SSSR count). The van der Waals surface area contributed by atoms with Gasteiger partial charge >= 0.3 is 5.97 Å². The Morgan fingerprint density at radius 1 is 1.09 bits per heavy atom. The highest BCUT2D eigenvalue weighted by atomic mass is 35.5. The number of carboxylic acids is 1. The molecule has 32 heavy (non-hydrogen) atoms. The van der Waals surface area contributed by atoms with Crippen molar-refractivity contribution in [3.05, 3.63) is 69.0 Å². The molecule has 172 valence electrons. The number of hydrogen-bond acceptors (Lipinski definition) is 4. The van der Waals surface area contributed by atoms with E-state index in [2.05, 4.69) is 13.8 Å². The highest BCUT2D eigenvalue weighted by Crippen LogP contribution is 2.37. The molecular weight excluding hydrogens is 463 g/mol. The molecule has 0 bridgehead atoms. The van der Waals surface area contributed by atoms with E-state index in [0.29, 0.717) is 29.1 Å². The average molecular weight is 494 g/mol. The number of nitrogens with zero attached hydrogens (tertiary/aromatic N) is 2. The van der Waals surface area contributed by atoms with E-state index < -0.39 is 5.97 Å². The Kier molecular flexibility index (Phi) is 10.5. The lowest BCUT2D eigenvalue weighted by atomic mass is 10.0. The maximum atomic E-state index is 11.2. The van der Waals surface area contributed by atoms with Crippen LogP contribution in [-0.4, -0.2) is 22.6 Å². The zero-order valence-electron chi connectivity index (χ0n) is 18.9. The average Bonchev–Trinajstić information content (AvgIpc) is 3.18. The van der Waals surface area contributed by atoms with E-state index in [4.69, 9.17) is 28.2 Å². The molecule has 0 aliphatic heterocycles. The summed E-state index contributed by atoms with van der Waals surface area (Å²) in [5, 5.41) is 11.0. The number of carbonyl (C=O) groups is 1. The van der Waals surface area contributed by atoms with Crippen LogP contribution in [0.5, 0.6) is 0 Å². The van der Waals surface area contributed by atoms with Crippen molar-refractivity contribution < 1.29 is 9.90 Å². The van der Waals surface area contributed by atoms with Crippen molar-refractivity contribution in [2.45, 2.75) is 47.1 Å². The lowest BCUT2D eigenvalue weighted by Gasteiger charge is -2.21. The Morgan fingerprint density at radius 3 is 2.38 bits per heavy atom. The minimum atomic E-state index is -0.822. The molecule has 4 nitrogen and oxygen atoms in total. The molecule has 3 aromatic rings. The monoisotopic (exact) mass is 492 g/mol. The molecule has 0 spiro atoms. The summed E-state index contributed by atoms with van der Waals surface area (Å²) < 4.78 is 0. The van der Waals surface area contributed by atoms with Gasteiger partial charge in [-0.2, -0.15) is 0 Å². The summed E-state index contributed by atoms with van der Waals surface area (Å²) in [7, 11) is 0. The number of hydrogen-bond donors (Lipinski definition) is 1. The molecule has 0 aliphatic rings. The van der Waals surface area contributed by atoms with Crippen LogP contribution in [-0.2, 0) is 17.8 Å². The van der Waals surface area contributed by atoms with Gasteiger partial charge in [0.25, 0.3) is 0 Å². The van der Waals surface area contributed by atoms with E-state index in [0.717, 1.165) is 33.3 Å². The van der Waals surface area contributed by atoms with Gasteiger partial charge in [0.05, 0.1) is 22.2 Å². The smallest absolute Gasteiger partial charge is 0.305 e. The fourth-order valence-electron chi connectivity index (χ4n) is 3.13. The second kappa shape index (κ2) is 12.8. The van der Waals surface area contributed by atoms with Crippen molar-refractivity contribution >= 4 is 45.6 Å². The molecule has 0 radical (unpaired) electrons. The van der Waals surface area contributed by atoms with Gasteiger partial charge in [-0.1, -0.05) is 87.3 Å². The second-order valence-electron chi connectivity index (χ2n) is 7.55. The summed E-state index contributed by atoms with van der Waals surface area (Å²) in [6, 6.07) is 15.6. The number of benzene rings is 2. The number of halogens is 2. The number of aromatic nitrogens is 1. The maximum Gasteiger partial charge on any atom is 0.305 e. The summed E-state index contributed by atoms with van der Waals surface area (Å²) in [4.78, 5) is 19.4. The fourth-order valence-corrected chi connectivity index (χ4v) is 4.75. The Bertz CT molecular complexity index is 1010. The van der Waals surface area contributed by atoms with Crippen molar-refractivity contribution in [3.63, 3.8) is 0 Å². The predicted octanol–water partition coefficient (Wildman–Crippen LogP) is 7.82. The normalized spacial score (nSPS) is 10.6. The predicted molar refractivity (Wildman–Crippen MR) is 137 cm³/mol. The number of rotatable bonds is 9. The van der Waals surface area contributed by atoms with Gasteiger partial charge in [-0.05, 0) is 30.0 Å². The van der Waals surface area contributed by atoms with Gasteiger partial charge < -0.3 is 10.0 Å². The maximum absolute atomic E-state index is 11.2. The van der Waals surface area contributed by atoms with Crippen LogP contribution in [0.3, 0.4) is 0 Å². The lowest BCUT2D eigenvalue weighted by Crippen LogP contribution is -2.25. The summed E-state index contributed by atoms with van der Waals surface area (Å²) >= 11 is 14.0. The molecule has 0 atom stereocenters. The molecule has 1 N–H and O–H groups in total. The lowest BCUT2D eigenvalue weighted by molar-refractivity contribution is -0.136. The summed E-state index contributed by atoms with van der Waals surface area (Å²) in [5.41, 5.74) is 2.91. The van der Waals surface area contributed by atoms with Crippen LogP contribution in [0, 0.1) is 5.92 Å². The first-order valence-corrected chi connectivity index (χ1v) is 12.4. The van der Waals surface area contributed by atoms with Crippen molar-refractivity contribution in [3.8, 4) is 11.3 Å². The SMILES string of the molecule is CC.CC(C)Cc1sc(N(CCC(=O)O)Cc2ccccc2)nc1-c1ccc(Cl)c(Cl)c1.